The van der Waals surface area contributed by atoms with E-state index in [-0.39, 0.29) is 42.8 Å². The number of carbonyl (C=O) groups excluding carboxylic acids is 3. The summed E-state index contributed by atoms with van der Waals surface area (Å²) in [6, 6.07) is 13.9. The zero-order valence-corrected chi connectivity index (χ0v) is 17.6. The van der Waals surface area contributed by atoms with E-state index in [2.05, 4.69) is 36.7 Å². The van der Waals surface area contributed by atoms with Crippen molar-refractivity contribution >= 4 is 29.3 Å². The molecule has 3 amide bonds. The summed E-state index contributed by atoms with van der Waals surface area (Å²) in [5.74, 6) is -0.884. The highest BCUT2D eigenvalue weighted by Crippen LogP contribution is 2.22. The maximum atomic E-state index is 12.2. The van der Waals surface area contributed by atoms with Crippen LogP contribution in [0.15, 0.2) is 48.5 Å². The number of amides is 3. The Bertz CT molecular complexity index is 856. The van der Waals surface area contributed by atoms with Gasteiger partial charge >= 0.3 is 0 Å². The topological polar surface area (TPSA) is 87.3 Å². The minimum absolute atomic E-state index is 0.0118. The summed E-state index contributed by atoms with van der Waals surface area (Å²) in [7, 11) is 0. The fourth-order valence-electron chi connectivity index (χ4n) is 2.53. The first kappa shape index (κ1) is 22.4. The van der Waals surface area contributed by atoms with E-state index in [9.17, 15) is 14.4 Å². The van der Waals surface area contributed by atoms with Crippen LogP contribution in [0.1, 0.15) is 47.1 Å². The highest BCUT2D eigenvalue weighted by atomic mass is 35.5. The molecule has 29 heavy (non-hydrogen) atoms. The number of rotatable bonds is 7. The van der Waals surface area contributed by atoms with E-state index >= 15 is 0 Å². The molecular formula is C22H26ClN3O3. The van der Waals surface area contributed by atoms with Crippen molar-refractivity contribution in [3.05, 3.63) is 70.2 Å². The largest absolute Gasteiger partial charge is 0.353 e. The molecule has 0 aliphatic heterocycles. The Morgan fingerprint density at radius 3 is 1.79 bits per heavy atom. The minimum atomic E-state index is -0.328. The Kier molecular flexibility index (Phi) is 7.79. The quantitative estimate of drug-likeness (QED) is 0.607. The van der Waals surface area contributed by atoms with Gasteiger partial charge in [0.1, 0.15) is 0 Å². The van der Waals surface area contributed by atoms with Crippen LogP contribution in [-0.2, 0) is 10.2 Å². The van der Waals surface area contributed by atoms with E-state index < -0.39 is 0 Å². The van der Waals surface area contributed by atoms with Gasteiger partial charge in [-0.25, -0.2) is 0 Å². The molecule has 0 unspecified atom stereocenters. The van der Waals surface area contributed by atoms with E-state index in [1.807, 2.05) is 12.1 Å². The Labute approximate surface area is 176 Å². The SMILES string of the molecule is CC(C)(C)c1ccc(C(=O)NCC(=O)NCCNC(=O)c2ccc(Cl)cc2)cc1. The van der Waals surface area contributed by atoms with Gasteiger partial charge in [-0.15, -0.1) is 0 Å². The summed E-state index contributed by atoms with van der Waals surface area (Å²) < 4.78 is 0. The highest BCUT2D eigenvalue weighted by Gasteiger charge is 2.14. The molecule has 154 valence electrons. The molecule has 0 aliphatic carbocycles. The number of carbonyl (C=O) groups is 3. The zero-order valence-electron chi connectivity index (χ0n) is 16.8. The van der Waals surface area contributed by atoms with Gasteiger partial charge in [0.25, 0.3) is 11.8 Å². The van der Waals surface area contributed by atoms with Gasteiger partial charge in [-0.1, -0.05) is 44.5 Å². The average molecular weight is 416 g/mol. The third kappa shape index (κ3) is 7.23. The predicted molar refractivity (Wildman–Crippen MR) is 114 cm³/mol. The summed E-state index contributed by atoms with van der Waals surface area (Å²) >= 11 is 5.78. The first-order chi connectivity index (χ1) is 13.7. The van der Waals surface area contributed by atoms with Crippen LogP contribution in [0.2, 0.25) is 5.02 Å². The number of hydrogen-bond donors (Lipinski definition) is 3. The standard InChI is InChI=1S/C22H26ClN3O3/c1-22(2,3)17-8-4-15(5-9-17)21(29)26-14-19(27)24-12-13-25-20(28)16-6-10-18(23)11-7-16/h4-11H,12-14H2,1-3H3,(H,24,27)(H,25,28)(H,26,29). The van der Waals surface area contributed by atoms with Crippen LogP contribution in [0.3, 0.4) is 0 Å². The van der Waals surface area contributed by atoms with Gasteiger partial charge in [0.15, 0.2) is 0 Å². The van der Waals surface area contributed by atoms with Crippen LogP contribution >= 0.6 is 11.6 Å². The lowest BCUT2D eigenvalue weighted by molar-refractivity contribution is -0.120. The van der Waals surface area contributed by atoms with Gasteiger partial charge in [0.05, 0.1) is 6.54 Å². The second-order valence-corrected chi connectivity index (χ2v) is 8.06. The van der Waals surface area contributed by atoms with Gasteiger partial charge in [-0.05, 0) is 47.4 Å². The second-order valence-electron chi connectivity index (χ2n) is 7.62. The number of halogens is 1. The van der Waals surface area contributed by atoms with Crippen molar-refractivity contribution < 1.29 is 14.4 Å². The predicted octanol–water partition coefficient (Wildman–Crippen LogP) is 2.91. The Balaban J connectivity index is 1.68. The van der Waals surface area contributed by atoms with Gasteiger partial charge in [-0.3, -0.25) is 14.4 Å². The van der Waals surface area contributed by atoms with Crippen molar-refractivity contribution in [3.63, 3.8) is 0 Å². The fraction of sp³-hybridized carbons (Fsp3) is 0.318. The van der Waals surface area contributed by atoms with Crippen molar-refractivity contribution in [3.8, 4) is 0 Å². The number of benzene rings is 2. The molecule has 0 saturated carbocycles. The first-order valence-electron chi connectivity index (χ1n) is 9.36. The fourth-order valence-corrected chi connectivity index (χ4v) is 2.65. The maximum absolute atomic E-state index is 12.2. The van der Waals surface area contributed by atoms with Crippen LogP contribution < -0.4 is 16.0 Å². The monoisotopic (exact) mass is 415 g/mol. The molecule has 2 rings (SSSR count). The minimum Gasteiger partial charge on any atom is -0.353 e. The van der Waals surface area contributed by atoms with E-state index in [4.69, 9.17) is 11.6 Å². The Hall–Kier alpha value is -2.86. The Morgan fingerprint density at radius 1 is 0.759 bits per heavy atom. The first-order valence-corrected chi connectivity index (χ1v) is 9.74. The smallest absolute Gasteiger partial charge is 0.251 e. The van der Waals surface area contributed by atoms with E-state index in [1.54, 1.807) is 36.4 Å². The molecule has 2 aromatic carbocycles. The molecular weight excluding hydrogens is 390 g/mol. The second kappa shape index (κ2) is 10.1. The van der Waals surface area contributed by atoms with Crippen LogP contribution in [0.5, 0.6) is 0 Å². The van der Waals surface area contributed by atoms with E-state index in [1.165, 1.54) is 0 Å². The van der Waals surface area contributed by atoms with Gasteiger partial charge in [0, 0.05) is 29.2 Å². The number of nitrogens with one attached hydrogen (secondary N) is 3. The molecule has 0 heterocycles. The Morgan fingerprint density at radius 2 is 1.24 bits per heavy atom. The average Bonchev–Trinajstić information content (AvgIpc) is 2.69. The normalized spacial score (nSPS) is 10.9. The molecule has 0 aromatic heterocycles. The maximum Gasteiger partial charge on any atom is 0.251 e. The van der Waals surface area contributed by atoms with Crippen LogP contribution in [0, 0.1) is 0 Å². The molecule has 0 aliphatic rings. The summed E-state index contributed by atoms with van der Waals surface area (Å²) in [6.45, 7) is 6.70. The molecule has 7 heteroatoms. The lowest BCUT2D eigenvalue weighted by Crippen LogP contribution is -2.40. The van der Waals surface area contributed by atoms with E-state index in [0.29, 0.717) is 16.1 Å². The molecule has 3 N–H and O–H groups in total. The van der Waals surface area contributed by atoms with Crippen molar-refractivity contribution in [1.82, 2.24) is 16.0 Å². The lowest BCUT2D eigenvalue weighted by Gasteiger charge is -2.19. The number of hydrogen-bond acceptors (Lipinski definition) is 3. The summed E-state index contributed by atoms with van der Waals surface area (Å²) in [4.78, 5) is 36.0. The molecule has 0 bridgehead atoms. The van der Waals surface area contributed by atoms with Crippen LogP contribution in [0.4, 0.5) is 0 Å². The lowest BCUT2D eigenvalue weighted by atomic mass is 9.87. The van der Waals surface area contributed by atoms with E-state index in [0.717, 1.165) is 5.56 Å². The van der Waals surface area contributed by atoms with Gasteiger partial charge in [-0.2, -0.15) is 0 Å². The molecule has 2 aromatic rings. The van der Waals surface area contributed by atoms with Crippen LogP contribution in [0.25, 0.3) is 0 Å². The summed E-state index contributed by atoms with van der Waals surface area (Å²) in [6.07, 6.45) is 0. The van der Waals surface area contributed by atoms with Crippen LogP contribution in [-0.4, -0.2) is 37.4 Å². The summed E-state index contributed by atoms with van der Waals surface area (Å²) in [5.41, 5.74) is 2.14. The molecule has 0 saturated heterocycles. The third-order valence-corrected chi connectivity index (χ3v) is 4.51. The molecule has 0 fully saturated rings. The van der Waals surface area contributed by atoms with Crippen molar-refractivity contribution in [2.45, 2.75) is 26.2 Å². The van der Waals surface area contributed by atoms with Crippen molar-refractivity contribution in [1.29, 1.82) is 0 Å². The molecule has 0 atom stereocenters. The third-order valence-electron chi connectivity index (χ3n) is 4.26. The molecule has 0 radical (unpaired) electrons. The van der Waals surface area contributed by atoms with Gasteiger partial charge < -0.3 is 16.0 Å². The highest BCUT2D eigenvalue weighted by molar-refractivity contribution is 6.30. The molecule has 0 spiro atoms. The van der Waals surface area contributed by atoms with Crippen molar-refractivity contribution in [2.75, 3.05) is 19.6 Å². The van der Waals surface area contributed by atoms with Crippen molar-refractivity contribution in [2.24, 2.45) is 0 Å². The van der Waals surface area contributed by atoms with Gasteiger partial charge in [0.2, 0.25) is 5.91 Å². The zero-order chi connectivity index (χ0) is 21.4. The summed E-state index contributed by atoms with van der Waals surface area (Å²) in [5, 5.41) is 8.49. The molecule has 6 nitrogen and oxygen atoms in total.